The van der Waals surface area contributed by atoms with Gasteiger partial charge in [0.2, 0.25) is 0 Å². The van der Waals surface area contributed by atoms with Crippen molar-refractivity contribution in [1.29, 1.82) is 0 Å². The number of allylic oxidation sites excluding steroid dienone is 3. The molecule has 1 saturated heterocycles. The van der Waals surface area contributed by atoms with E-state index in [9.17, 15) is 5.11 Å². The molecule has 10 heteroatoms. The summed E-state index contributed by atoms with van der Waals surface area (Å²) in [5.74, 6) is 0.516. The van der Waals surface area contributed by atoms with Crippen LogP contribution < -0.4 is 14.8 Å². The first-order valence-corrected chi connectivity index (χ1v) is 22.9. The van der Waals surface area contributed by atoms with Gasteiger partial charge in [0, 0.05) is 34.3 Å². The van der Waals surface area contributed by atoms with Gasteiger partial charge in [0.15, 0.2) is 5.60 Å². The molecule has 1 spiro atoms. The van der Waals surface area contributed by atoms with E-state index in [0.29, 0.717) is 19.5 Å². The first-order valence-electron chi connectivity index (χ1n) is 18.7. The molecule has 1 unspecified atom stereocenters. The number of amides is 1. The van der Waals surface area contributed by atoms with Gasteiger partial charge in [0.1, 0.15) is 5.75 Å². The molecule has 1 amide bonds. The highest BCUT2D eigenvalue weighted by atomic mass is 127. The van der Waals surface area contributed by atoms with Gasteiger partial charge in [-0.05, 0) is 104 Å². The molecule has 5 atom stereocenters. The zero-order valence-electron chi connectivity index (χ0n) is 32.1. The second-order valence-electron chi connectivity index (χ2n) is 15.4. The number of anilines is 1. The molecule has 3 aromatic carbocycles. The number of nitrogens with zero attached hydrogens (tertiary/aromatic N) is 4. The number of aromatic nitrogens is 3. The first kappa shape index (κ1) is 39.1. The van der Waals surface area contributed by atoms with Crippen LogP contribution in [0, 0.1) is 9.49 Å². The topological polar surface area (TPSA) is 89.7 Å². The molecule has 8 nitrogen and oxygen atoms in total. The van der Waals surface area contributed by atoms with Crippen molar-refractivity contribution in [2.75, 3.05) is 25.2 Å². The summed E-state index contributed by atoms with van der Waals surface area (Å²) < 4.78 is 15.8. The Morgan fingerprint density at radius 3 is 2.49 bits per heavy atom. The van der Waals surface area contributed by atoms with Gasteiger partial charge < -0.3 is 19.5 Å². The Morgan fingerprint density at radius 1 is 1.08 bits per heavy atom. The number of rotatable bonds is 14. The average molecular weight is 845 g/mol. The maximum absolute atomic E-state index is 15.1. The number of hydrogen-bond donors (Lipinski definition) is 1. The van der Waals surface area contributed by atoms with E-state index < -0.39 is 13.7 Å². The lowest BCUT2D eigenvalue weighted by Gasteiger charge is -2.37. The van der Waals surface area contributed by atoms with Gasteiger partial charge in [-0.3, -0.25) is 9.48 Å². The quantitative estimate of drug-likeness (QED) is 0.0781. The molecule has 1 fully saturated rings. The van der Waals surface area contributed by atoms with E-state index in [1.807, 2.05) is 58.2 Å². The highest BCUT2D eigenvalue weighted by Crippen LogP contribution is 2.60. The van der Waals surface area contributed by atoms with Crippen molar-refractivity contribution in [2.24, 2.45) is 5.92 Å². The van der Waals surface area contributed by atoms with Crippen LogP contribution in [0.5, 0.6) is 5.75 Å². The number of fused-ring (bicyclic) bond motifs is 2. The second-order valence-corrected chi connectivity index (χ2v) is 21.4. The molecule has 280 valence electrons. The van der Waals surface area contributed by atoms with Crippen LogP contribution in [0.15, 0.2) is 102 Å². The lowest BCUT2D eigenvalue weighted by atomic mass is 9.82. The largest absolute Gasteiger partial charge is 0.497 e. The van der Waals surface area contributed by atoms with E-state index in [-0.39, 0.29) is 36.0 Å². The fourth-order valence-corrected chi connectivity index (χ4v) is 13.1. The zero-order chi connectivity index (χ0) is 37.9. The van der Waals surface area contributed by atoms with Gasteiger partial charge in [0.25, 0.3) is 5.91 Å². The van der Waals surface area contributed by atoms with Crippen LogP contribution in [0.25, 0.3) is 0 Å². The normalized spacial score (nSPS) is 22.0. The predicted octanol–water partition coefficient (Wildman–Crippen LogP) is 8.36. The molecule has 0 radical (unpaired) electrons. The van der Waals surface area contributed by atoms with E-state index in [1.165, 1.54) is 16.3 Å². The molecule has 0 bridgehead atoms. The van der Waals surface area contributed by atoms with Crippen LogP contribution in [0.4, 0.5) is 5.69 Å². The highest BCUT2D eigenvalue weighted by Gasteiger charge is 2.66. The number of aliphatic hydroxyl groups excluding tert-OH is 1. The number of carbonyl (C=O) groups excluding carboxylic acids is 1. The van der Waals surface area contributed by atoms with Crippen LogP contribution in [0.3, 0.4) is 0 Å². The van der Waals surface area contributed by atoms with E-state index >= 15 is 4.79 Å². The minimum absolute atomic E-state index is 0.0269. The maximum atomic E-state index is 15.1. The first-order chi connectivity index (χ1) is 25.4. The summed E-state index contributed by atoms with van der Waals surface area (Å²) in [6.07, 6.45) is 8.82. The van der Waals surface area contributed by atoms with Crippen LogP contribution in [-0.4, -0.2) is 60.4 Å². The molecule has 1 N–H and O–H groups in total. The average Bonchev–Trinajstić information content (AvgIpc) is 3.80. The monoisotopic (exact) mass is 844 g/mol. The molecule has 0 saturated carbocycles. The molecule has 0 aliphatic carbocycles. The summed E-state index contributed by atoms with van der Waals surface area (Å²) in [6.45, 7) is 14.5. The Balaban J connectivity index is 1.35. The highest BCUT2D eigenvalue weighted by molar-refractivity contribution is 14.1. The van der Waals surface area contributed by atoms with Crippen molar-refractivity contribution in [3.63, 3.8) is 0 Å². The van der Waals surface area contributed by atoms with Crippen LogP contribution >= 0.6 is 22.6 Å². The van der Waals surface area contributed by atoms with E-state index in [1.54, 1.807) is 7.11 Å². The van der Waals surface area contributed by atoms with Gasteiger partial charge in [-0.15, -0.1) is 5.10 Å². The maximum Gasteiger partial charge on any atom is 0.264 e. The molecule has 3 heterocycles. The lowest BCUT2D eigenvalue weighted by molar-refractivity contribution is -0.145. The van der Waals surface area contributed by atoms with Gasteiger partial charge in [-0.25, -0.2) is 0 Å². The molecule has 2 aliphatic heterocycles. The third kappa shape index (κ3) is 7.83. The standard InChI is InChI=1S/C43H53IN4O4Si/c1-29(2)12-11-13-30(3)22-25-48-39-21-16-33(44)26-37(39)43(42(48)50)31(4)41(53(6,7)35-19-17-34(51-5)18-20-35)40(52-43)23-24-47-27-38(45-46-47)36(28-49)32-14-9-8-10-15-32/h8-10,12,14-22,26-27,31,36,40-41,49H,11,13,23-25,28H2,1-7H3/b30-22+/t31-,36?,40+,41-,43+/m0/s1. The molecular weight excluding hydrogens is 791 g/mol. The minimum atomic E-state index is -2.30. The smallest absolute Gasteiger partial charge is 0.264 e. The van der Waals surface area contributed by atoms with Gasteiger partial charge in [0.05, 0.1) is 45.2 Å². The Labute approximate surface area is 329 Å². The van der Waals surface area contributed by atoms with Gasteiger partial charge in [-0.1, -0.05) is 96.2 Å². The molecular formula is C43H53IN4O4Si. The number of ether oxygens (including phenoxy) is 2. The number of hydrogen-bond acceptors (Lipinski definition) is 6. The predicted molar refractivity (Wildman–Crippen MR) is 224 cm³/mol. The van der Waals surface area contributed by atoms with Crippen molar-refractivity contribution >= 4 is 47.4 Å². The molecule has 4 aromatic rings. The SMILES string of the molecule is COc1ccc([Si](C)(C)[C@@H]2[C@@H](CCn3cc(C(CO)c4ccccc4)nn3)O[C@]3(C(=O)N(C/C=C(\C)CCC=C(C)C)c4ccc(I)cc43)[C@H]2C)cc1. The molecule has 53 heavy (non-hydrogen) atoms. The fourth-order valence-electron chi connectivity index (χ4n) is 8.57. The molecule has 1 aromatic heterocycles. The Morgan fingerprint density at radius 2 is 1.81 bits per heavy atom. The lowest BCUT2D eigenvalue weighted by Crippen LogP contribution is -2.52. The number of halogens is 1. The summed E-state index contributed by atoms with van der Waals surface area (Å²) in [5, 5.41) is 20.6. The number of methoxy groups -OCH3 is 1. The van der Waals surface area contributed by atoms with Crippen molar-refractivity contribution in [2.45, 2.75) is 89.8 Å². The van der Waals surface area contributed by atoms with E-state index in [0.717, 1.165) is 44.7 Å². The van der Waals surface area contributed by atoms with Crippen LogP contribution in [0.1, 0.15) is 69.7 Å². The summed E-state index contributed by atoms with van der Waals surface area (Å²) in [6, 6.07) is 24.8. The second kappa shape index (κ2) is 16.4. The summed E-state index contributed by atoms with van der Waals surface area (Å²) in [4.78, 5) is 17.0. The minimum Gasteiger partial charge on any atom is -0.497 e. The molecule has 2 aliphatic rings. The molecule has 6 rings (SSSR count). The zero-order valence-corrected chi connectivity index (χ0v) is 35.2. The van der Waals surface area contributed by atoms with Crippen molar-refractivity contribution in [3.8, 4) is 5.75 Å². The van der Waals surface area contributed by atoms with Crippen LogP contribution in [0.2, 0.25) is 18.6 Å². The fraction of sp³-hybridized carbons (Fsp3) is 0.419. The number of aryl methyl sites for hydroxylation is 1. The van der Waals surface area contributed by atoms with Crippen molar-refractivity contribution in [1.82, 2.24) is 15.0 Å². The third-order valence-electron chi connectivity index (χ3n) is 11.5. The van der Waals surface area contributed by atoms with Gasteiger partial charge >= 0.3 is 0 Å². The summed E-state index contributed by atoms with van der Waals surface area (Å²) >= 11 is 2.36. The van der Waals surface area contributed by atoms with Crippen molar-refractivity contribution < 1.29 is 19.4 Å². The Bertz CT molecular complexity index is 1960. The number of aliphatic hydroxyl groups is 1. The Hall–Kier alpha value is -3.58. The van der Waals surface area contributed by atoms with Crippen molar-refractivity contribution in [3.05, 3.63) is 123 Å². The van der Waals surface area contributed by atoms with Gasteiger partial charge in [-0.2, -0.15) is 0 Å². The van der Waals surface area contributed by atoms with Crippen LogP contribution in [-0.2, 0) is 21.7 Å². The summed E-state index contributed by atoms with van der Waals surface area (Å²) in [7, 11) is -0.606. The summed E-state index contributed by atoms with van der Waals surface area (Å²) in [5.41, 5.74) is 5.25. The third-order valence-corrected chi connectivity index (χ3v) is 16.5. The number of carbonyl (C=O) groups is 1. The number of benzene rings is 3. The Kier molecular flexibility index (Phi) is 12.1. The van der Waals surface area contributed by atoms with E-state index in [4.69, 9.17) is 9.47 Å². The van der Waals surface area contributed by atoms with E-state index in [2.05, 4.69) is 116 Å².